The van der Waals surface area contributed by atoms with Crippen LogP contribution in [-0.4, -0.2) is 65.5 Å². The lowest BCUT2D eigenvalue weighted by Crippen LogP contribution is -2.46. The number of rotatable bonds is 9. The van der Waals surface area contributed by atoms with Crippen molar-refractivity contribution < 1.29 is 8.42 Å². The molecule has 1 aliphatic rings. The van der Waals surface area contributed by atoms with Crippen LogP contribution in [0.5, 0.6) is 0 Å². The zero-order chi connectivity index (χ0) is 34.8. The number of benzene rings is 5. The lowest BCUT2D eigenvalue weighted by atomic mass is 9.77. The second kappa shape index (κ2) is 13.6. The van der Waals surface area contributed by atoms with E-state index < -0.39 is 15.4 Å². The van der Waals surface area contributed by atoms with Crippen molar-refractivity contribution >= 4 is 26.6 Å². The van der Waals surface area contributed by atoms with E-state index in [1.54, 1.807) is 18.5 Å². The van der Waals surface area contributed by atoms with Crippen molar-refractivity contribution in [1.82, 2.24) is 24.6 Å². The van der Waals surface area contributed by atoms with Gasteiger partial charge in [0.05, 0.1) is 16.6 Å². The first-order valence-corrected chi connectivity index (χ1v) is 19.0. The van der Waals surface area contributed by atoms with E-state index in [9.17, 15) is 8.42 Å². The molecule has 51 heavy (non-hydrogen) atoms. The summed E-state index contributed by atoms with van der Waals surface area (Å²) in [6, 6.07) is 45.3. The zero-order valence-corrected chi connectivity index (χ0v) is 29.2. The zero-order valence-electron chi connectivity index (χ0n) is 28.4. The van der Waals surface area contributed by atoms with Crippen molar-refractivity contribution in [3.05, 3.63) is 174 Å². The molecule has 2 aromatic heterocycles. The van der Waals surface area contributed by atoms with E-state index >= 15 is 0 Å². The Labute approximate surface area is 298 Å². The summed E-state index contributed by atoms with van der Waals surface area (Å²) in [6.07, 6.45) is 7.00. The number of aromatic nitrogens is 4. The topological polar surface area (TPSA) is 84.2 Å². The molecule has 1 saturated heterocycles. The maximum absolute atomic E-state index is 11.9. The fourth-order valence-electron chi connectivity index (χ4n) is 7.28. The smallest absolute Gasteiger partial charge is 0.175 e. The van der Waals surface area contributed by atoms with Gasteiger partial charge in [-0.05, 0) is 52.1 Å². The summed E-state index contributed by atoms with van der Waals surface area (Å²) < 4.78 is 25.8. The number of sulfone groups is 1. The number of fused-ring (bicyclic) bond motifs is 1. The van der Waals surface area contributed by atoms with Gasteiger partial charge in [0.1, 0.15) is 17.7 Å². The normalized spacial score (nSPS) is 14.2. The molecule has 0 saturated carbocycles. The average Bonchev–Trinajstić information content (AvgIpc) is 3.67. The third-order valence-electron chi connectivity index (χ3n) is 9.88. The monoisotopic (exact) mass is 690 g/mol. The van der Waals surface area contributed by atoms with E-state index in [-0.39, 0.29) is 0 Å². The second-order valence-electron chi connectivity index (χ2n) is 13.1. The lowest BCUT2D eigenvalue weighted by molar-refractivity contribution is 0.249. The number of piperazine rings is 1. The molecule has 8 rings (SSSR count). The molecule has 0 atom stereocenters. The van der Waals surface area contributed by atoms with Crippen LogP contribution < -0.4 is 4.90 Å². The molecule has 1 aliphatic heterocycles. The Morgan fingerprint density at radius 1 is 0.667 bits per heavy atom. The van der Waals surface area contributed by atoms with Gasteiger partial charge in [-0.25, -0.2) is 18.4 Å². The molecule has 0 N–H and O–H groups in total. The third kappa shape index (κ3) is 6.30. The molecule has 1 fully saturated rings. The van der Waals surface area contributed by atoms with Gasteiger partial charge in [0, 0.05) is 56.1 Å². The molecule has 0 amide bonds. The maximum Gasteiger partial charge on any atom is 0.175 e. The Morgan fingerprint density at radius 3 is 1.82 bits per heavy atom. The highest BCUT2D eigenvalue weighted by Crippen LogP contribution is 2.41. The van der Waals surface area contributed by atoms with E-state index in [1.165, 1.54) is 6.26 Å². The summed E-state index contributed by atoms with van der Waals surface area (Å²) in [6.45, 7) is 4.15. The van der Waals surface area contributed by atoms with Crippen molar-refractivity contribution in [1.29, 1.82) is 0 Å². The number of nitrogens with zero attached hydrogens (tertiary/aromatic N) is 6. The van der Waals surface area contributed by atoms with Gasteiger partial charge in [-0.3, -0.25) is 9.58 Å². The van der Waals surface area contributed by atoms with E-state index in [1.807, 2.05) is 18.3 Å². The molecule has 254 valence electrons. The fraction of sp³-hybridized carbons (Fsp3) is 0.167. The van der Waals surface area contributed by atoms with Gasteiger partial charge in [0.2, 0.25) is 0 Å². The van der Waals surface area contributed by atoms with Gasteiger partial charge in [-0.1, -0.05) is 109 Å². The van der Waals surface area contributed by atoms with Gasteiger partial charge < -0.3 is 4.90 Å². The highest BCUT2D eigenvalue weighted by molar-refractivity contribution is 7.90. The average molecular weight is 691 g/mol. The minimum atomic E-state index is -3.21. The van der Waals surface area contributed by atoms with Crippen molar-refractivity contribution in [3.8, 4) is 11.1 Å². The van der Waals surface area contributed by atoms with Crippen LogP contribution in [0.4, 0.5) is 5.82 Å². The van der Waals surface area contributed by atoms with Crippen LogP contribution in [0.15, 0.2) is 157 Å². The lowest BCUT2D eigenvalue weighted by Gasteiger charge is -2.36. The molecule has 0 bridgehead atoms. The molecule has 7 aromatic rings. The Kier molecular flexibility index (Phi) is 8.67. The van der Waals surface area contributed by atoms with Gasteiger partial charge >= 0.3 is 0 Å². The summed E-state index contributed by atoms with van der Waals surface area (Å²) in [5, 5.41) is 6.09. The highest BCUT2D eigenvalue weighted by Gasteiger charge is 2.39. The van der Waals surface area contributed by atoms with Gasteiger partial charge in [-0.2, -0.15) is 5.10 Å². The quantitative estimate of drug-likeness (QED) is 0.150. The number of hydrogen-bond acceptors (Lipinski definition) is 7. The SMILES string of the molecule is CS(=O)(=O)c1ccc(CN2CCN(c3ncnc4ccc(-c5cnn(C(c6ccccc6)(c6ccccc6)c6ccccc6)c5)cc34)CC2)cc1. The standard InChI is InChI=1S/C42H38N6O2S/c1-51(49,50)38-20-17-32(18-21-38)29-46-23-25-47(26-24-46)41-39-27-33(19-22-40(39)43-31-44-41)34-28-45-48(30-34)42(35-11-5-2-6-12-35,36-13-7-3-8-14-36)37-15-9-4-10-16-37/h2-22,27-28,30-31H,23-26,29H2,1H3. The Morgan fingerprint density at radius 2 is 1.25 bits per heavy atom. The first-order chi connectivity index (χ1) is 24.9. The Bertz CT molecular complexity index is 2280. The number of hydrogen-bond donors (Lipinski definition) is 0. The van der Waals surface area contributed by atoms with Crippen molar-refractivity contribution in [2.24, 2.45) is 0 Å². The molecular weight excluding hydrogens is 653 g/mol. The van der Waals surface area contributed by atoms with Crippen molar-refractivity contribution in [2.45, 2.75) is 17.0 Å². The van der Waals surface area contributed by atoms with Crippen LogP contribution in [-0.2, 0) is 21.9 Å². The predicted molar refractivity (Wildman–Crippen MR) is 202 cm³/mol. The maximum atomic E-state index is 11.9. The fourth-order valence-corrected chi connectivity index (χ4v) is 7.91. The molecule has 9 heteroatoms. The first kappa shape index (κ1) is 32.6. The first-order valence-electron chi connectivity index (χ1n) is 17.1. The van der Waals surface area contributed by atoms with E-state index in [0.29, 0.717) is 4.90 Å². The minimum absolute atomic E-state index is 0.348. The van der Waals surface area contributed by atoms with Crippen LogP contribution in [0.2, 0.25) is 0 Å². The minimum Gasteiger partial charge on any atom is -0.353 e. The summed E-state index contributed by atoms with van der Waals surface area (Å²) in [4.78, 5) is 14.5. The summed E-state index contributed by atoms with van der Waals surface area (Å²) in [5.41, 5.74) is 6.72. The van der Waals surface area contributed by atoms with Crippen LogP contribution in [0.25, 0.3) is 22.0 Å². The molecule has 8 nitrogen and oxygen atoms in total. The van der Waals surface area contributed by atoms with Crippen molar-refractivity contribution in [2.75, 3.05) is 37.3 Å². The third-order valence-corrected chi connectivity index (χ3v) is 11.0. The molecule has 0 aliphatic carbocycles. The molecule has 5 aromatic carbocycles. The second-order valence-corrected chi connectivity index (χ2v) is 15.1. The molecular formula is C42H38N6O2S. The summed E-state index contributed by atoms with van der Waals surface area (Å²) in [7, 11) is -3.21. The van der Waals surface area contributed by atoms with Crippen LogP contribution in [0.3, 0.4) is 0 Å². The van der Waals surface area contributed by atoms with Gasteiger partial charge in [0.25, 0.3) is 0 Å². The molecule has 3 heterocycles. The van der Waals surface area contributed by atoms with Crippen LogP contribution in [0, 0.1) is 0 Å². The molecule has 0 unspecified atom stereocenters. The summed E-state index contributed by atoms with van der Waals surface area (Å²) >= 11 is 0. The predicted octanol–water partition coefficient (Wildman–Crippen LogP) is 7.06. The van der Waals surface area contributed by atoms with E-state index in [0.717, 1.165) is 82.8 Å². The Balaban J connectivity index is 1.10. The van der Waals surface area contributed by atoms with Crippen molar-refractivity contribution in [3.63, 3.8) is 0 Å². The number of anilines is 1. The summed E-state index contributed by atoms with van der Waals surface area (Å²) in [5.74, 6) is 0.929. The largest absolute Gasteiger partial charge is 0.353 e. The molecule has 0 radical (unpaired) electrons. The van der Waals surface area contributed by atoms with Crippen LogP contribution in [0.1, 0.15) is 22.3 Å². The van der Waals surface area contributed by atoms with E-state index in [4.69, 9.17) is 10.1 Å². The Hall–Kier alpha value is -5.64. The van der Waals surface area contributed by atoms with E-state index in [2.05, 4.69) is 135 Å². The molecule has 0 spiro atoms. The van der Waals surface area contributed by atoms with Crippen LogP contribution >= 0.6 is 0 Å². The van der Waals surface area contributed by atoms with Gasteiger partial charge in [-0.15, -0.1) is 0 Å². The highest BCUT2D eigenvalue weighted by atomic mass is 32.2. The van der Waals surface area contributed by atoms with Gasteiger partial charge in [0.15, 0.2) is 9.84 Å².